The van der Waals surface area contributed by atoms with Crippen LogP contribution in [0.5, 0.6) is 0 Å². The van der Waals surface area contributed by atoms with Crippen LogP contribution in [0.2, 0.25) is 0 Å². The number of aliphatic hydroxyl groups is 1. The molecule has 0 saturated carbocycles. The number of hydrogen-bond donors (Lipinski definition) is 1. The fraction of sp³-hybridized carbons (Fsp3) is 1.00. The van der Waals surface area contributed by atoms with Crippen LogP contribution in [-0.4, -0.2) is 58.3 Å². The van der Waals surface area contributed by atoms with Gasteiger partial charge in [-0.3, -0.25) is 0 Å². The average Bonchev–Trinajstić information content (AvgIpc) is 2.93. The molecule has 0 aromatic heterocycles. The maximum atomic E-state index is 10.3. The van der Waals surface area contributed by atoms with Gasteiger partial charge in [0, 0.05) is 0 Å². The molecule has 0 aliphatic carbocycles. The molecule has 0 aromatic carbocycles. The van der Waals surface area contributed by atoms with Crippen molar-refractivity contribution in [2.75, 3.05) is 6.61 Å². The Hall–Kier alpha value is 0.630. The van der Waals surface area contributed by atoms with E-state index in [9.17, 15) is 5.11 Å². The normalized spacial score (nSPS) is 47.7. The summed E-state index contributed by atoms with van der Waals surface area (Å²) in [6.45, 7) is 3.91. The highest BCUT2D eigenvalue weighted by Gasteiger charge is 2.58. The number of halogens is 3. The SMILES string of the molecule is CC1(C)OC[C@H]([C@H]2O[C@@H]3OC(C(Cl)(Cl)Cl)O[C@@H]3[C@H]2O)O1. The molecule has 3 aliphatic heterocycles. The summed E-state index contributed by atoms with van der Waals surface area (Å²) in [4.78, 5) is 0. The highest BCUT2D eigenvalue weighted by atomic mass is 35.6. The molecule has 0 amide bonds. The summed E-state index contributed by atoms with van der Waals surface area (Å²) in [5.74, 6) is -0.701. The first-order valence-electron chi connectivity index (χ1n) is 6.20. The summed E-state index contributed by atoms with van der Waals surface area (Å²) in [6, 6.07) is 0. The molecule has 3 heterocycles. The van der Waals surface area contributed by atoms with Gasteiger partial charge in [-0.25, -0.2) is 0 Å². The van der Waals surface area contributed by atoms with Crippen LogP contribution in [0.4, 0.5) is 0 Å². The zero-order valence-corrected chi connectivity index (χ0v) is 13.1. The Morgan fingerprint density at radius 3 is 2.30 bits per heavy atom. The van der Waals surface area contributed by atoms with Crippen LogP contribution >= 0.6 is 34.8 Å². The smallest absolute Gasteiger partial charge is 0.241 e. The predicted molar refractivity (Wildman–Crippen MR) is 69.6 cm³/mol. The van der Waals surface area contributed by atoms with Gasteiger partial charge in [0.2, 0.25) is 10.1 Å². The lowest BCUT2D eigenvalue weighted by atomic mass is 10.1. The molecular weight excluding hydrogens is 334 g/mol. The molecule has 0 spiro atoms. The minimum Gasteiger partial charge on any atom is -0.387 e. The van der Waals surface area contributed by atoms with Crippen LogP contribution in [0.1, 0.15) is 13.8 Å². The molecule has 3 rings (SSSR count). The Morgan fingerprint density at radius 1 is 1.10 bits per heavy atom. The third-order valence-corrected chi connectivity index (χ3v) is 3.97. The minimum atomic E-state index is -1.74. The topological polar surface area (TPSA) is 66.4 Å². The summed E-state index contributed by atoms with van der Waals surface area (Å²) in [6.07, 6.45) is -4.53. The van der Waals surface area contributed by atoms with Crippen molar-refractivity contribution in [3.05, 3.63) is 0 Å². The minimum absolute atomic E-state index is 0.321. The van der Waals surface area contributed by atoms with E-state index in [1.807, 2.05) is 0 Å². The number of alkyl halides is 3. The molecule has 116 valence electrons. The summed E-state index contributed by atoms with van der Waals surface area (Å²) in [5, 5.41) is 10.3. The zero-order valence-electron chi connectivity index (χ0n) is 10.8. The van der Waals surface area contributed by atoms with E-state index in [0.717, 1.165) is 0 Å². The average molecular weight is 350 g/mol. The van der Waals surface area contributed by atoms with E-state index in [1.165, 1.54) is 0 Å². The molecule has 0 radical (unpaired) electrons. The van der Waals surface area contributed by atoms with E-state index >= 15 is 0 Å². The first kappa shape index (κ1) is 15.5. The lowest BCUT2D eigenvalue weighted by molar-refractivity contribution is -0.201. The van der Waals surface area contributed by atoms with Crippen molar-refractivity contribution >= 4 is 34.8 Å². The van der Waals surface area contributed by atoms with Crippen molar-refractivity contribution in [2.45, 2.75) is 60.4 Å². The lowest BCUT2D eigenvalue weighted by Gasteiger charge is -2.25. The summed E-state index contributed by atoms with van der Waals surface area (Å²) in [5.41, 5.74) is 0. The van der Waals surface area contributed by atoms with Crippen molar-refractivity contribution in [2.24, 2.45) is 0 Å². The van der Waals surface area contributed by atoms with Gasteiger partial charge in [-0.2, -0.15) is 0 Å². The Kier molecular flexibility index (Phi) is 3.94. The van der Waals surface area contributed by atoms with Crippen LogP contribution in [0.25, 0.3) is 0 Å². The molecule has 3 saturated heterocycles. The number of aliphatic hydroxyl groups excluding tert-OH is 1. The second-order valence-electron chi connectivity index (χ2n) is 5.44. The number of hydrogen-bond acceptors (Lipinski definition) is 6. The lowest BCUT2D eigenvalue weighted by Crippen LogP contribution is -2.42. The van der Waals surface area contributed by atoms with Crippen LogP contribution in [0.15, 0.2) is 0 Å². The standard InChI is InChI=1S/C11H15Cl3O6/c1-10(2)16-3-4(20-10)6-5(15)7-8(17-6)19-9(18-7)11(12,13)14/h4-9,15H,3H2,1-2H3/t4-,5+,6-,7-,8-,9?/m1/s1. The molecular formula is C11H15Cl3O6. The van der Waals surface area contributed by atoms with E-state index in [0.29, 0.717) is 6.61 Å². The van der Waals surface area contributed by atoms with Crippen LogP contribution in [0, 0.1) is 0 Å². The monoisotopic (exact) mass is 348 g/mol. The van der Waals surface area contributed by atoms with Crippen LogP contribution in [-0.2, 0) is 23.7 Å². The second kappa shape index (κ2) is 5.08. The van der Waals surface area contributed by atoms with E-state index in [4.69, 9.17) is 58.5 Å². The van der Waals surface area contributed by atoms with Crippen LogP contribution in [0.3, 0.4) is 0 Å². The third-order valence-electron chi connectivity index (χ3n) is 3.44. The van der Waals surface area contributed by atoms with Gasteiger partial charge in [0.1, 0.15) is 24.4 Å². The Balaban J connectivity index is 1.65. The van der Waals surface area contributed by atoms with Crippen molar-refractivity contribution < 1.29 is 28.8 Å². The number of fused-ring (bicyclic) bond motifs is 1. The van der Waals surface area contributed by atoms with Gasteiger partial charge in [0.25, 0.3) is 0 Å². The van der Waals surface area contributed by atoms with Gasteiger partial charge < -0.3 is 28.8 Å². The van der Waals surface area contributed by atoms with Crippen molar-refractivity contribution in [3.8, 4) is 0 Å². The first-order valence-corrected chi connectivity index (χ1v) is 7.34. The molecule has 3 fully saturated rings. The summed E-state index contributed by atoms with van der Waals surface area (Å²) < 4.78 is 25.8. The van der Waals surface area contributed by atoms with E-state index in [2.05, 4.69) is 0 Å². The van der Waals surface area contributed by atoms with Gasteiger partial charge >= 0.3 is 0 Å². The van der Waals surface area contributed by atoms with Gasteiger partial charge in [0.05, 0.1) is 6.61 Å². The largest absolute Gasteiger partial charge is 0.387 e. The molecule has 9 heteroatoms. The molecule has 0 aromatic rings. The first-order chi connectivity index (χ1) is 9.17. The number of rotatable bonds is 1. The fourth-order valence-corrected chi connectivity index (χ4v) is 2.86. The van der Waals surface area contributed by atoms with Crippen molar-refractivity contribution in [3.63, 3.8) is 0 Å². The molecule has 3 aliphatic rings. The summed E-state index contributed by atoms with van der Waals surface area (Å²) >= 11 is 17.1. The zero-order chi connectivity index (χ0) is 14.7. The molecule has 6 nitrogen and oxygen atoms in total. The maximum Gasteiger partial charge on any atom is 0.241 e. The fourth-order valence-electron chi connectivity index (χ4n) is 2.55. The highest BCUT2D eigenvalue weighted by molar-refractivity contribution is 6.67. The summed E-state index contributed by atoms with van der Waals surface area (Å²) in [7, 11) is 0. The van der Waals surface area contributed by atoms with Crippen LogP contribution < -0.4 is 0 Å². The van der Waals surface area contributed by atoms with E-state index in [-0.39, 0.29) is 0 Å². The van der Waals surface area contributed by atoms with Gasteiger partial charge in [0.15, 0.2) is 12.1 Å². The maximum absolute atomic E-state index is 10.3. The van der Waals surface area contributed by atoms with Crippen molar-refractivity contribution in [1.82, 2.24) is 0 Å². The Labute approximate surface area is 131 Å². The highest BCUT2D eigenvalue weighted by Crippen LogP contribution is 2.43. The van der Waals surface area contributed by atoms with Gasteiger partial charge in [-0.15, -0.1) is 0 Å². The molecule has 0 bridgehead atoms. The molecule has 20 heavy (non-hydrogen) atoms. The Bertz CT molecular complexity index is 387. The molecule has 1 unspecified atom stereocenters. The van der Waals surface area contributed by atoms with Crippen molar-refractivity contribution in [1.29, 1.82) is 0 Å². The molecule has 6 atom stereocenters. The second-order valence-corrected chi connectivity index (χ2v) is 7.81. The van der Waals surface area contributed by atoms with E-state index in [1.54, 1.807) is 13.8 Å². The third kappa shape index (κ3) is 2.78. The van der Waals surface area contributed by atoms with Gasteiger partial charge in [-0.1, -0.05) is 34.8 Å². The predicted octanol–water partition coefficient (Wildman–Crippen LogP) is 1.34. The Morgan fingerprint density at radius 2 is 1.80 bits per heavy atom. The number of ether oxygens (including phenoxy) is 5. The molecule has 1 N–H and O–H groups in total. The van der Waals surface area contributed by atoms with Gasteiger partial charge in [-0.05, 0) is 13.8 Å². The van der Waals surface area contributed by atoms with E-state index < -0.39 is 46.6 Å². The quantitative estimate of drug-likeness (QED) is 0.721.